The molecular weight excluding hydrogens is 268 g/mol. The Morgan fingerprint density at radius 2 is 2.43 bits per heavy atom. The fourth-order valence-corrected chi connectivity index (χ4v) is 2.63. The van der Waals surface area contributed by atoms with Crippen LogP contribution in [-0.4, -0.2) is 54.2 Å². The highest BCUT2D eigenvalue weighted by molar-refractivity contribution is 5.82. The van der Waals surface area contributed by atoms with Crippen LogP contribution in [0.25, 0.3) is 0 Å². The highest BCUT2D eigenvalue weighted by Gasteiger charge is 2.34. The molecule has 21 heavy (non-hydrogen) atoms. The summed E-state index contributed by atoms with van der Waals surface area (Å²) in [6, 6.07) is 3.66. The van der Waals surface area contributed by atoms with Gasteiger partial charge in [-0.15, -0.1) is 0 Å². The Labute approximate surface area is 125 Å². The molecule has 1 aromatic heterocycles. The summed E-state index contributed by atoms with van der Waals surface area (Å²) in [4.78, 5) is 18.7. The zero-order valence-electron chi connectivity index (χ0n) is 12.7. The van der Waals surface area contributed by atoms with Crippen LogP contribution in [0.3, 0.4) is 0 Å². The Balaban J connectivity index is 2.18. The predicted octanol–water partition coefficient (Wildman–Crippen LogP) is 0.307. The van der Waals surface area contributed by atoms with Gasteiger partial charge in [0.1, 0.15) is 6.04 Å². The van der Waals surface area contributed by atoms with Crippen LogP contribution in [-0.2, 0) is 9.53 Å². The van der Waals surface area contributed by atoms with Gasteiger partial charge in [0.25, 0.3) is 0 Å². The van der Waals surface area contributed by atoms with E-state index in [4.69, 9.17) is 10.5 Å². The standard InChI is InChI=1S/C15H24N4O2/c1-11(2)18-15(20)14-10-21-7-6-19(14)13(8-16)12-4-3-5-17-9-12/h3-5,9,11,13-14H,6-8,10,16H2,1-2H3,(H,18,20). The third kappa shape index (κ3) is 4.00. The smallest absolute Gasteiger partial charge is 0.239 e. The maximum atomic E-state index is 12.4. The minimum absolute atomic E-state index is 0.00737. The van der Waals surface area contributed by atoms with Crippen molar-refractivity contribution in [1.29, 1.82) is 0 Å². The number of nitrogens with one attached hydrogen (secondary N) is 1. The van der Waals surface area contributed by atoms with Gasteiger partial charge in [-0.05, 0) is 25.5 Å². The third-order valence-electron chi connectivity index (χ3n) is 3.60. The lowest BCUT2D eigenvalue weighted by Crippen LogP contribution is -2.56. The largest absolute Gasteiger partial charge is 0.378 e. The SMILES string of the molecule is CC(C)NC(=O)C1COCCN1C(CN)c1cccnc1. The van der Waals surface area contributed by atoms with Gasteiger partial charge in [0.15, 0.2) is 0 Å². The first-order chi connectivity index (χ1) is 10.1. The number of morpholine rings is 1. The molecule has 3 N–H and O–H groups in total. The van der Waals surface area contributed by atoms with Crippen LogP contribution in [0, 0.1) is 0 Å². The van der Waals surface area contributed by atoms with E-state index < -0.39 is 0 Å². The number of hydrogen-bond acceptors (Lipinski definition) is 5. The molecule has 6 nitrogen and oxygen atoms in total. The number of amides is 1. The summed E-state index contributed by atoms with van der Waals surface area (Å²) in [7, 11) is 0. The molecule has 2 rings (SSSR count). The van der Waals surface area contributed by atoms with E-state index in [9.17, 15) is 4.79 Å². The van der Waals surface area contributed by atoms with E-state index in [0.29, 0.717) is 26.3 Å². The van der Waals surface area contributed by atoms with E-state index in [0.717, 1.165) is 5.56 Å². The molecule has 1 aliphatic heterocycles. The summed E-state index contributed by atoms with van der Waals surface area (Å²) in [5, 5.41) is 2.96. The Bertz CT molecular complexity index is 452. The number of hydrogen-bond donors (Lipinski definition) is 2. The van der Waals surface area contributed by atoms with E-state index in [1.165, 1.54) is 0 Å². The first-order valence-electron chi connectivity index (χ1n) is 7.37. The Morgan fingerprint density at radius 1 is 1.62 bits per heavy atom. The normalized spacial score (nSPS) is 21.2. The summed E-state index contributed by atoms with van der Waals surface area (Å²) in [6.07, 6.45) is 3.55. The highest BCUT2D eigenvalue weighted by Crippen LogP contribution is 2.23. The molecule has 2 heterocycles. The molecule has 1 amide bonds. The van der Waals surface area contributed by atoms with Crippen molar-refractivity contribution in [1.82, 2.24) is 15.2 Å². The van der Waals surface area contributed by atoms with Crippen molar-refractivity contribution in [3.8, 4) is 0 Å². The Morgan fingerprint density at radius 3 is 3.05 bits per heavy atom. The van der Waals surface area contributed by atoms with Crippen LogP contribution in [0.1, 0.15) is 25.5 Å². The van der Waals surface area contributed by atoms with Gasteiger partial charge in [0, 0.05) is 37.6 Å². The van der Waals surface area contributed by atoms with Crippen LogP contribution in [0.5, 0.6) is 0 Å². The van der Waals surface area contributed by atoms with Gasteiger partial charge >= 0.3 is 0 Å². The predicted molar refractivity (Wildman–Crippen MR) is 80.6 cm³/mol. The number of nitrogens with two attached hydrogens (primary N) is 1. The monoisotopic (exact) mass is 292 g/mol. The molecular formula is C15H24N4O2. The van der Waals surface area contributed by atoms with Crippen molar-refractivity contribution in [2.45, 2.75) is 32.0 Å². The van der Waals surface area contributed by atoms with E-state index in [-0.39, 0.29) is 24.0 Å². The number of carbonyl (C=O) groups excluding carboxylic acids is 1. The molecule has 1 aromatic rings. The van der Waals surface area contributed by atoms with Gasteiger partial charge in [-0.2, -0.15) is 0 Å². The fraction of sp³-hybridized carbons (Fsp3) is 0.600. The second-order valence-corrected chi connectivity index (χ2v) is 5.53. The molecule has 0 saturated carbocycles. The number of nitrogens with zero attached hydrogens (tertiary/aromatic N) is 2. The first kappa shape index (κ1) is 15.9. The quantitative estimate of drug-likeness (QED) is 0.816. The number of rotatable bonds is 5. The lowest BCUT2D eigenvalue weighted by atomic mass is 10.0. The van der Waals surface area contributed by atoms with Crippen molar-refractivity contribution < 1.29 is 9.53 Å². The molecule has 0 aromatic carbocycles. The second-order valence-electron chi connectivity index (χ2n) is 5.53. The van der Waals surface area contributed by atoms with Crippen molar-refractivity contribution in [2.75, 3.05) is 26.3 Å². The zero-order valence-corrected chi connectivity index (χ0v) is 12.7. The highest BCUT2D eigenvalue weighted by atomic mass is 16.5. The summed E-state index contributed by atoms with van der Waals surface area (Å²) in [5.41, 5.74) is 6.99. The Hall–Kier alpha value is -1.50. The molecule has 1 saturated heterocycles. The molecule has 1 fully saturated rings. The van der Waals surface area contributed by atoms with Crippen molar-refractivity contribution in [3.63, 3.8) is 0 Å². The molecule has 0 aliphatic carbocycles. The van der Waals surface area contributed by atoms with Gasteiger partial charge in [-0.25, -0.2) is 0 Å². The number of carbonyl (C=O) groups is 1. The maximum absolute atomic E-state index is 12.4. The average Bonchev–Trinajstić information content (AvgIpc) is 2.49. The van der Waals surface area contributed by atoms with Gasteiger partial charge in [-0.1, -0.05) is 6.07 Å². The minimum atomic E-state index is -0.310. The fourth-order valence-electron chi connectivity index (χ4n) is 2.63. The molecule has 0 radical (unpaired) electrons. The molecule has 1 aliphatic rings. The van der Waals surface area contributed by atoms with Crippen molar-refractivity contribution in [2.24, 2.45) is 5.73 Å². The lowest BCUT2D eigenvalue weighted by Gasteiger charge is -2.40. The van der Waals surface area contributed by atoms with Crippen LogP contribution in [0.2, 0.25) is 0 Å². The number of pyridine rings is 1. The summed E-state index contributed by atoms with van der Waals surface area (Å²) in [5.74, 6) is -0.00737. The minimum Gasteiger partial charge on any atom is -0.378 e. The lowest BCUT2D eigenvalue weighted by molar-refractivity contribution is -0.135. The zero-order chi connectivity index (χ0) is 15.2. The van der Waals surface area contributed by atoms with Gasteiger partial charge in [0.05, 0.1) is 13.2 Å². The summed E-state index contributed by atoms with van der Waals surface area (Å²) in [6.45, 7) is 6.04. The average molecular weight is 292 g/mol. The van der Waals surface area contributed by atoms with Gasteiger partial charge in [0.2, 0.25) is 5.91 Å². The van der Waals surface area contributed by atoms with Crippen LogP contribution >= 0.6 is 0 Å². The first-order valence-corrected chi connectivity index (χ1v) is 7.37. The van der Waals surface area contributed by atoms with Crippen LogP contribution in [0.15, 0.2) is 24.5 Å². The molecule has 0 spiro atoms. The van der Waals surface area contributed by atoms with E-state index >= 15 is 0 Å². The van der Waals surface area contributed by atoms with E-state index in [2.05, 4.69) is 15.2 Å². The molecule has 6 heteroatoms. The molecule has 0 bridgehead atoms. The summed E-state index contributed by atoms with van der Waals surface area (Å²) >= 11 is 0. The van der Waals surface area contributed by atoms with Crippen LogP contribution < -0.4 is 11.1 Å². The third-order valence-corrected chi connectivity index (χ3v) is 3.60. The second kappa shape index (κ2) is 7.49. The topological polar surface area (TPSA) is 80.5 Å². The van der Waals surface area contributed by atoms with Crippen molar-refractivity contribution >= 4 is 5.91 Å². The molecule has 2 atom stereocenters. The number of ether oxygens (including phenoxy) is 1. The number of aromatic nitrogens is 1. The molecule has 116 valence electrons. The van der Waals surface area contributed by atoms with Crippen LogP contribution in [0.4, 0.5) is 0 Å². The maximum Gasteiger partial charge on any atom is 0.239 e. The van der Waals surface area contributed by atoms with Gasteiger partial charge in [-0.3, -0.25) is 14.7 Å². The van der Waals surface area contributed by atoms with E-state index in [1.54, 1.807) is 6.20 Å². The molecule has 2 unspecified atom stereocenters. The Kier molecular flexibility index (Phi) is 5.67. The van der Waals surface area contributed by atoms with Gasteiger partial charge < -0.3 is 15.8 Å². The summed E-state index contributed by atoms with van der Waals surface area (Å²) < 4.78 is 5.49. The van der Waals surface area contributed by atoms with Crippen molar-refractivity contribution in [3.05, 3.63) is 30.1 Å². The van der Waals surface area contributed by atoms with E-state index in [1.807, 2.05) is 32.2 Å².